The van der Waals surface area contributed by atoms with Crippen molar-refractivity contribution in [1.82, 2.24) is 9.88 Å². The first-order valence-electron chi connectivity index (χ1n) is 9.03. The van der Waals surface area contributed by atoms with Crippen molar-refractivity contribution in [2.24, 2.45) is 5.73 Å². The molecule has 1 aromatic carbocycles. The van der Waals surface area contributed by atoms with Crippen LogP contribution in [0.2, 0.25) is 0 Å². The molecule has 1 aliphatic heterocycles. The molecular formula is C20H20N4O2S2. The SMILES string of the molecule is NC(=O)C1CCCN1Cc1ccccc1NC(=O)c1cnc(-c2ccsc2)s1. The average molecular weight is 413 g/mol. The van der Waals surface area contributed by atoms with Gasteiger partial charge in [-0.25, -0.2) is 4.98 Å². The van der Waals surface area contributed by atoms with E-state index in [2.05, 4.69) is 15.2 Å². The van der Waals surface area contributed by atoms with Gasteiger partial charge < -0.3 is 11.1 Å². The number of thiophene rings is 1. The lowest BCUT2D eigenvalue weighted by Crippen LogP contribution is -2.39. The number of likely N-dealkylation sites (tertiary alicyclic amines) is 1. The van der Waals surface area contributed by atoms with Crippen LogP contribution in [0.3, 0.4) is 0 Å². The zero-order valence-electron chi connectivity index (χ0n) is 15.1. The van der Waals surface area contributed by atoms with E-state index in [0.717, 1.165) is 41.2 Å². The number of hydrogen-bond acceptors (Lipinski definition) is 6. The molecule has 3 aromatic rings. The number of nitrogens with two attached hydrogens (primary N) is 1. The number of para-hydroxylation sites is 1. The lowest BCUT2D eigenvalue weighted by molar-refractivity contribution is -0.122. The number of hydrogen-bond donors (Lipinski definition) is 2. The Morgan fingerprint density at radius 2 is 2.14 bits per heavy atom. The number of nitrogens with zero attached hydrogens (tertiary/aromatic N) is 2. The highest BCUT2D eigenvalue weighted by Gasteiger charge is 2.29. The molecule has 0 radical (unpaired) electrons. The van der Waals surface area contributed by atoms with Crippen LogP contribution in [-0.4, -0.2) is 34.3 Å². The average Bonchev–Trinajstić information content (AvgIpc) is 3.44. The molecule has 0 saturated carbocycles. The zero-order valence-corrected chi connectivity index (χ0v) is 16.8. The quantitative estimate of drug-likeness (QED) is 0.648. The summed E-state index contributed by atoms with van der Waals surface area (Å²) in [7, 11) is 0. The molecule has 4 rings (SSSR count). The molecule has 0 aliphatic carbocycles. The predicted molar refractivity (Wildman–Crippen MR) is 112 cm³/mol. The molecule has 1 aliphatic rings. The van der Waals surface area contributed by atoms with E-state index in [-0.39, 0.29) is 17.9 Å². The van der Waals surface area contributed by atoms with Crippen LogP contribution in [0.1, 0.15) is 28.1 Å². The van der Waals surface area contributed by atoms with Gasteiger partial charge in [0.15, 0.2) is 0 Å². The third kappa shape index (κ3) is 3.99. The van der Waals surface area contributed by atoms with Crippen molar-refractivity contribution in [1.29, 1.82) is 0 Å². The number of aromatic nitrogens is 1. The second kappa shape index (κ2) is 8.22. The van der Waals surface area contributed by atoms with E-state index < -0.39 is 0 Å². The second-order valence-corrected chi connectivity index (χ2v) is 8.49. The second-order valence-electron chi connectivity index (χ2n) is 6.68. The minimum absolute atomic E-state index is 0.181. The lowest BCUT2D eigenvalue weighted by Gasteiger charge is -2.23. The third-order valence-electron chi connectivity index (χ3n) is 4.83. The van der Waals surface area contributed by atoms with Gasteiger partial charge in [0.2, 0.25) is 5.91 Å². The van der Waals surface area contributed by atoms with Crippen LogP contribution < -0.4 is 11.1 Å². The van der Waals surface area contributed by atoms with Crippen LogP contribution in [0, 0.1) is 0 Å². The van der Waals surface area contributed by atoms with Crippen molar-refractivity contribution < 1.29 is 9.59 Å². The summed E-state index contributed by atoms with van der Waals surface area (Å²) in [4.78, 5) is 31.4. The molecule has 8 heteroatoms. The van der Waals surface area contributed by atoms with Crippen LogP contribution in [0.15, 0.2) is 47.3 Å². The van der Waals surface area contributed by atoms with E-state index in [9.17, 15) is 9.59 Å². The van der Waals surface area contributed by atoms with Crippen molar-refractivity contribution in [3.63, 3.8) is 0 Å². The topological polar surface area (TPSA) is 88.3 Å². The fourth-order valence-corrected chi connectivity index (χ4v) is 4.94. The van der Waals surface area contributed by atoms with E-state index in [4.69, 9.17) is 5.73 Å². The highest BCUT2D eigenvalue weighted by atomic mass is 32.1. The Bertz CT molecular complexity index is 984. The van der Waals surface area contributed by atoms with Crippen molar-refractivity contribution in [2.45, 2.75) is 25.4 Å². The molecule has 1 unspecified atom stereocenters. The van der Waals surface area contributed by atoms with Gasteiger partial charge in [0.05, 0.1) is 12.2 Å². The Morgan fingerprint density at radius 3 is 2.93 bits per heavy atom. The molecule has 2 amide bonds. The van der Waals surface area contributed by atoms with E-state index in [1.165, 1.54) is 11.3 Å². The maximum absolute atomic E-state index is 12.7. The van der Waals surface area contributed by atoms with Crippen molar-refractivity contribution in [2.75, 3.05) is 11.9 Å². The Hall–Kier alpha value is -2.55. The van der Waals surface area contributed by atoms with Gasteiger partial charge in [-0.05, 0) is 42.5 Å². The highest BCUT2D eigenvalue weighted by molar-refractivity contribution is 7.17. The van der Waals surface area contributed by atoms with E-state index in [1.807, 2.05) is 41.1 Å². The smallest absolute Gasteiger partial charge is 0.267 e. The number of anilines is 1. The molecule has 3 N–H and O–H groups in total. The molecule has 1 atom stereocenters. The van der Waals surface area contributed by atoms with E-state index >= 15 is 0 Å². The third-order valence-corrected chi connectivity index (χ3v) is 6.56. The van der Waals surface area contributed by atoms with Crippen LogP contribution in [0.25, 0.3) is 10.6 Å². The van der Waals surface area contributed by atoms with Gasteiger partial charge >= 0.3 is 0 Å². The molecule has 2 aromatic heterocycles. The minimum Gasteiger partial charge on any atom is -0.368 e. The predicted octanol–water partition coefficient (Wildman–Crippen LogP) is 3.57. The summed E-state index contributed by atoms with van der Waals surface area (Å²) in [6.45, 7) is 1.40. The van der Waals surface area contributed by atoms with Crippen molar-refractivity contribution >= 4 is 40.2 Å². The Labute approximate surface area is 171 Å². The monoisotopic (exact) mass is 412 g/mol. The summed E-state index contributed by atoms with van der Waals surface area (Å²) in [5.41, 5.74) is 8.26. The molecule has 1 fully saturated rings. The van der Waals surface area contributed by atoms with Crippen LogP contribution in [-0.2, 0) is 11.3 Å². The largest absolute Gasteiger partial charge is 0.368 e. The molecule has 6 nitrogen and oxygen atoms in total. The maximum atomic E-state index is 12.7. The first-order valence-corrected chi connectivity index (χ1v) is 10.8. The van der Waals surface area contributed by atoms with Gasteiger partial charge in [-0.3, -0.25) is 14.5 Å². The van der Waals surface area contributed by atoms with Crippen LogP contribution in [0.5, 0.6) is 0 Å². The Morgan fingerprint density at radius 1 is 1.29 bits per heavy atom. The zero-order chi connectivity index (χ0) is 19.5. The van der Waals surface area contributed by atoms with Gasteiger partial charge in [0, 0.05) is 23.2 Å². The normalized spacial score (nSPS) is 16.9. The van der Waals surface area contributed by atoms with Crippen molar-refractivity contribution in [3.8, 4) is 10.6 Å². The molecule has 0 spiro atoms. The summed E-state index contributed by atoms with van der Waals surface area (Å²) in [5, 5.41) is 7.83. The fourth-order valence-electron chi connectivity index (χ4n) is 3.42. The van der Waals surface area contributed by atoms with Crippen molar-refractivity contribution in [3.05, 3.63) is 57.7 Å². The summed E-state index contributed by atoms with van der Waals surface area (Å²) < 4.78 is 0. The standard InChI is InChI=1S/C20H20N4O2S2/c21-18(25)16-6-3-8-24(16)11-13-4-1-2-5-15(13)23-19(26)17-10-22-20(28-17)14-7-9-27-12-14/h1-2,4-5,7,9-10,12,16H,3,6,8,11H2,(H2,21,25)(H,23,26). The van der Waals surface area contributed by atoms with Gasteiger partial charge in [0.1, 0.15) is 9.88 Å². The molecule has 28 heavy (non-hydrogen) atoms. The molecular weight excluding hydrogens is 392 g/mol. The summed E-state index contributed by atoms with van der Waals surface area (Å²) in [6.07, 6.45) is 3.35. The maximum Gasteiger partial charge on any atom is 0.267 e. The number of primary amides is 1. The Balaban J connectivity index is 1.49. The molecule has 0 bridgehead atoms. The van der Waals surface area contributed by atoms with Gasteiger partial charge in [0.25, 0.3) is 5.91 Å². The molecule has 3 heterocycles. The molecule has 144 valence electrons. The Kier molecular flexibility index (Phi) is 5.52. The number of carbonyl (C=O) groups excluding carboxylic acids is 2. The summed E-state index contributed by atoms with van der Waals surface area (Å²) in [6, 6.07) is 9.42. The number of nitrogens with one attached hydrogen (secondary N) is 1. The van der Waals surface area contributed by atoms with E-state index in [0.29, 0.717) is 11.4 Å². The van der Waals surface area contributed by atoms with Gasteiger partial charge in [-0.1, -0.05) is 18.2 Å². The van der Waals surface area contributed by atoms with E-state index in [1.54, 1.807) is 17.5 Å². The first-order chi connectivity index (χ1) is 13.6. The number of carbonyl (C=O) groups is 2. The lowest BCUT2D eigenvalue weighted by atomic mass is 10.1. The first kappa shape index (κ1) is 18.8. The van der Waals surface area contributed by atoms with Crippen LogP contribution >= 0.6 is 22.7 Å². The summed E-state index contributed by atoms with van der Waals surface area (Å²) in [5.74, 6) is -0.469. The summed E-state index contributed by atoms with van der Waals surface area (Å²) >= 11 is 2.98. The van der Waals surface area contributed by atoms with Gasteiger partial charge in [-0.15, -0.1) is 11.3 Å². The number of amides is 2. The van der Waals surface area contributed by atoms with Crippen LogP contribution in [0.4, 0.5) is 5.69 Å². The number of rotatable bonds is 6. The van der Waals surface area contributed by atoms with Gasteiger partial charge in [-0.2, -0.15) is 11.3 Å². The molecule has 1 saturated heterocycles. The highest BCUT2D eigenvalue weighted by Crippen LogP contribution is 2.28. The minimum atomic E-state index is -0.287. The number of thiazole rings is 1. The fraction of sp³-hybridized carbons (Fsp3) is 0.250. The number of benzene rings is 1.